The number of methoxy groups -OCH3 is 1. The van der Waals surface area contributed by atoms with E-state index in [1.54, 1.807) is 31.4 Å². The molecular formula is C23H17BrO4. The minimum atomic E-state index is -0.161. The third-order valence-corrected chi connectivity index (χ3v) is 4.86. The molecule has 1 aliphatic rings. The highest BCUT2D eigenvalue weighted by Gasteiger charge is 2.28. The highest BCUT2D eigenvalue weighted by molar-refractivity contribution is 9.10. The van der Waals surface area contributed by atoms with Crippen LogP contribution in [0.2, 0.25) is 0 Å². The molecule has 140 valence electrons. The average Bonchev–Trinajstić information content (AvgIpc) is 3.02. The monoisotopic (exact) mass is 436 g/mol. The van der Waals surface area contributed by atoms with Crippen molar-refractivity contribution >= 4 is 27.8 Å². The van der Waals surface area contributed by atoms with Crippen molar-refractivity contribution in [2.45, 2.75) is 6.61 Å². The normalized spacial score (nSPS) is 13.9. The molecule has 0 unspecified atom stereocenters. The third kappa shape index (κ3) is 3.80. The van der Waals surface area contributed by atoms with Gasteiger partial charge in [0.1, 0.15) is 23.9 Å². The quantitative estimate of drug-likeness (QED) is 0.484. The lowest BCUT2D eigenvalue weighted by atomic mass is 10.1. The Labute approximate surface area is 171 Å². The molecule has 1 heterocycles. The summed E-state index contributed by atoms with van der Waals surface area (Å²) in [5.74, 6) is 1.90. The largest absolute Gasteiger partial charge is 0.496 e. The summed E-state index contributed by atoms with van der Waals surface area (Å²) in [5.41, 5.74) is 2.35. The first-order chi connectivity index (χ1) is 13.6. The molecule has 0 saturated carbocycles. The van der Waals surface area contributed by atoms with Crippen LogP contribution >= 0.6 is 15.9 Å². The lowest BCUT2D eigenvalue weighted by Gasteiger charge is -2.07. The van der Waals surface area contributed by atoms with Gasteiger partial charge in [-0.1, -0.05) is 46.3 Å². The van der Waals surface area contributed by atoms with E-state index in [1.165, 1.54) is 0 Å². The summed E-state index contributed by atoms with van der Waals surface area (Å²) < 4.78 is 17.9. The van der Waals surface area contributed by atoms with E-state index in [0.29, 0.717) is 29.4 Å². The van der Waals surface area contributed by atoms with Gasteiger partial charge in [-0.05, 0) is 42.0 Å². The SMILES string of the molecule is COc1ccc(Br)cc1/C=C1\Oc2cc(OCc3ccccc3)ccc2C1=O. The van der Waals surface area contributed by atoms with Crippen LogP contribution in [-0.2, 0) is 6.61 Å². The number of benzene rings is 3. The predicted molar refractivity (Wildman–Crippen MR) is 111 cm³/mol. The zero-order chi connectivity index (χ0) is 19.5. The van der Waals surface area contributed by atoms with Crippen LogP contribution in [0.1, 0.15) is 21.5 Å². The number of hydrogen-bond acceptors (Lipinski definition) is 4. The van der Waals surface area contributed by atoms with E-state index in [1.807, 2.05) is 48.5 Å². The number of Topliss-reactive ketones (excluding diaryl/α,β-unsaturated/α-hetero) is 1. The molecule has 3 aromatic carbocycles. The lowest BCUT2D eigenvalue weighted by molar-refractivity contribution is 0.101. The van der Waals surface area contributed by atoms with Crippen LogP contribution in [0.5, 0.6) is 17.2 Å². The van der Waals surface area contributed by atoms with Crippen molar-refractivity contribution in [2.24, 2.45) is 0 Å². The number of rotatable bonds is 5. The predicted octanol–water partition coefficient (Wildman–Crippen LogP) is 5.65. The fourth-order valence-electron chi connectivity index (χ4n) is 2.96. The Hall–Kier alpha value is -3.05. The lowest BCUT2D eigenvalue weighted by Crippen LogP contribution is -1.99. The van der Waals surface area contributed by atoms with Crippen molar-refractivity contribution in [1.29, 1.82) is 0 Å². The molecule has 0 atom stereocenters. The van der Waals surface area contributed by atoms with Crippen LogP contribution in [-0.4, -0.2) is 12.9 Å². The van der Waals surface area contributed by atoms with Gasteiger partial charge in [0.15, 0.2) is 5.76 Å². The number of ether oxygens (including phenoxy) is 3. The Morgan fingerprint density at radius 2 is 1.86 bits per heavy atom. The van der Waals surface area contributed by atoms with E-state index in [4.69, 9.17) is 14.2 Å². The van der Waals surface area contributed by atoms with Gasteiger partial charge in [0.25, 0.3) is 0 Å². The van der Waals surface area contributed by atoms with E-state index in [2.05, 4.69) is 15.9 Å². The van der Waals surface area contributed by atoms with Gasteiger partial charge < -0.3 is 14.2 Å². The summed E-state index contributed by atoms with van der Waals surface area (Å²) >= 11 is 3.44. The molecule has 0 saturated heterocycles. The Morgan fingerprint density at radius 3 is 2.64 bits per heavy atom. The molecule has 0 N–H and O–H groups in total. The fraction of sp³-hybridized carbons (Fsp3) is 0.0870. The highest BCUT2D eigenvalue weighted by Crippen LogP contribution is 2.36. The number of ketones is 1. The Morgan fingerprint density at radius 1 is 1.04 bits per heavy atom. The first kappa shape index (κ1) is 18.3. The minimum absolute atomic E-state index is 0.161. The number of fused-ring (bicyclic) bond motifs is 1. The highest BCUT2D eigenvalue weighted by atomic mass is 79.9. The zero-order valence-electron chi connectivity index (χ0n) is 15.1. The van der Waals surface area contributed by atoms with Crippen molar-refractivity contribution in [2.75, 3.05) is 7.11 Å². The number of hydrogen-bond donors (Lipinski definition) is 0. The van der Waals surface area contributed by atoms with Crippen molar-refractivity contribution in [3.05, 3.63) is 93.7 Å². The molecule has 4 nitrogen and oxygen atoms in total. The van der Waals surface area contributed by atoms with Gasteiger partial charge in [-0.25, -0.2) is 0 Å². The van der Waals surface area contributed by atoms with Crippen molar-refractivity contribution < 1.29 is 19.0 Å². The summed E-state index contributed by atoms with van der Waals surface area (Å²) in [6.45, 7) is 0.450. The Kier molecular flexibility index (Phi) is 5.17. The van der Waals surface area contributed by atoms with Crippen LogP contribution in [0.4, 0.5) is 0 Å². The van der Waals surface area contributed by atoms with Crippen LogP contribution in [0.3, 0.4) is 0 Å². The van der Waals surface area contributed by atoms with Gasteiger partial charge in [0, 0.05) is 16.1 Å². The van der Waals surface area contributed by atoms with Crippen LogP contribution in [0.15, 0.2) is 77.0 Å². The van der Waals surface area contributed by atoms with Gasteiger partial charge in [-0.15, -0.1) is 0 Å². The first-order valence-corrected chi connectivity index (χ1v) is 9.52. The molecule has 3 aromatic rings. The maximum Gasteiger partial charge on any atom is 0.231 e. The van der Waals surface area contributed by atoms with Crippen molar-refractivity contribution in [3.63, 3.8) is 0 Å². The van der Waals surface area contributed by atoms with Gasteiger partial charge in [-0.3, -0.25) is 4.79 Å². The molecule has 0 amide bonds. The number of halogens is 1. The Balaban J connectivity index is 1.56. The molecule has 0 bridgehead atoms. The molecule has 1 aliphatic heterocycles. The summed E-state index contributed by atoms with van der Waals surface area (Å²) in [5, 5.41) is 0. The number of carbonyl (C=O) groups excluding carboxylic acids is 1. The van der Waals surface area contributed by atoms with Crippen LogP contribution < -0.4 is 14.2 Å². The minimum Gasteiger partial charge on any atom is -0.496 e. The van der Waals surface area contributed by atoms with Crippen molar-refractivity contribution in [3.8, 4) is 17.2 Å². The zero-order valence-corrected chi connectivity index (χ0v) is 16.7. The first-order valence-electron chi connectivity index (χ1n) is 8.72. The average molecular weight is 437 g/mol. The van der Waals surface area contributed by atoms with E-state index >= 15 is 0 Å². The summed E-state index contributed by atoms with van der Waals surface area (Å²) in [6.07, 6.45) is 1.69. The van der Waals surface area contributed by atoms with E-state index in [0.717, 1.165) is 15.6 Å². The van der Waals surface area contributed by atoms with Gasteiger partial charge in [0.2, 0.25) is 5.78 Å². The van der Waals surface area contributed by atoms with Gasteiger partial charge in [0.05, 0.1) is 12.7 Å². The van der Waals surface area contributed by atoms with Crippen LogP contribution in [0.25, 0.3) is 6.08 Å². The van der Waals surface area contributed by atoms with Gasteiger partial charge in [-0.2, -0.15) is 0 Å². The molecule has 4 rings (SSSR count). The molecular weight excluding hydrogens is 420 g/mol. The topological polar surface area (TPSA) is 44.8 Å². The maximum absolute atomic E-state index is 12.7. The van der Waals surface area contributed by atoms with Crippen molar-refractivity contribution in [1.82, 2.24) is 0 Å². The second-order valence-electron chi connectivity index (χ2n) is 6.26. The summed E-state index contributed by atoms with van der Waals surface area (Å²) in [7, 11) is 1.59. The van der Waals surface area contributed by atoms with E-state index in [-0.39, 0.29) is 11.5 Å². The van der Waals surface area contributed by atoms with Gasteiger partial charge >= 0.3 is 0 Å². The fourth-order valence-corrected chi connectivity index (χ4v) is 3.34. The van der Waals surface area contributed by atoms with Crippen LogP contribution in [0, 0.1) is 0 Å². The maximum atomic E-state index is 12.7. The third-order valence-electron chi connectivity index (χ3n) is 4.37. The summed E-state index contributed by atoms with van der Waals surface area (Å²) in [4.78, 5) is 12.7. The second-order valence-corrected chi connectivity index (χ2v) is 7.17. The molecule has 0 aromatic heterocycles. The number of allylic oxidation sites excluding steroid dienone is 1. The summed E-state index contributed by atoms with van der Waals surface area (Å²) in [6, 6.07) is 20.7. The number of carbonyl (C=O) groups is 1. The van der Waals surface area contributed by atoms with E-state index in [9.17, 15) is 4.79 Å². The molecule has 0 aliphatic carbocycles. The standard InChI is InChI=1S/C23H17BrO4/c1-26-20-10-7-17(24)11-16(20)12-22-23(25)19-9-8-18(13-21(19)28-22)27-14-15-5-3-2-4-6-15/h2-13H,14H2,1H3/b22-12-. The Bertz CT molecular complexity index is 1060. The van der Waals surface area contributed by atoms with E-state index < -0.39 is 0 Å². The molecule has 0 spiro atoms. The molecule has 0 fully saturated rings. The molecule has 0 radical (unpaired) electrons. The smallest absolute Gasteiger partial charge is 0.231 e. The molecule has 28 heavy (non-hydrogen) atoms. The molecule has 5 heteroatoms. The second kappa shape index (κ2) is 7.90.